The van der Waals surface area contributed by atoms with Crippen molar-refractivity contribution in [2.75, 3.05) is 6.61 Å². The van der Waals surface area contributed by atoms with Gasteiger partial charge >= 0.3 is 18.3 Å². The molecule has 2 heterocycles. The summed E-state index contributed by atoms with van der Waals surface area (Å²) >= 11 is 0. The van der Waals surface area contributed by atoms with E-state index in [1.165, 1.54) is 0 Å². The summed E-state index contributed by atoms with van der Waals surface area (Å²) < 4.78 is 97.5. The van der Waals surface area contributed by atoms with Crippen LogP contribution < -0.4 is 0 Å². The number of hydrogen-bond acceptors (Lipinski definition) is 6. The number of alkyl halides is 6. The van der Waals surface area contributed by atoms with Gasteiger partial charge < -0.3 is 24.1 Å². The van der Waals surface area contributed by atoms with Crippen molar-refractivity contribution in [3.8, 4) is 0 Å². The van der Waals surface area contributed by atoms with Crippen molar-refractivity contribution in [1.29, 1.82) is 0 Å². The molecule has 2 bridgehead atoms. The lowest BCUT2D eigenvalue weighted by atomic mass is 9.72. The number of ether oxygens (including phenoxy) is 4. The summed E-state index contributed by atoms with van der Waals surface area (Å²) in [5.41, 5.74) is -1.97. The first-order chi connectivity index (χ1) is 13.2. The third kappa shape index (κ3) is 3.05. The van der Waals surface area contributed by atoms with Crippen LogP contribution in [0.2, 0.25) is 0 Å². The molecule has 0 radical (unpaired) electrons. The van der Waals surface area contributed by atoms with Crippen molar-refractivity contribution in [3.05, 3.63) is 0 Å². The van der Waals surface area contributed by atoms with Crippen molar-refractivity contribution < 1.29 is 55.2 Å². The molecule has 1 N–H and O–H groups in total. The molecular formula is C17H20F6O6. The van der Waals surface area contributed by atoms with Gasteiger partial charge in [0.2, 0.25) is 0 Å². The Labute approximate surface area is 161 Å². The fraction of sp³-hybridized carbons (Fsp3) is 0.941. The van der Waals surface area contributed by atoms with Gasteiger partial charge in [-0.3, -0.25) is 4.79 Å². The highest BCUT2D eigenvalue weighted by Gasteiger charge is 2.75. The summed E-state index contributed by atoms with van der Waals surface area (Å²) in [6.07, 6.45) is -19.1. The SMILES string of the molecule is CC(C)[C@@]1(OC2C3CC4C2OC(O)C4(C(=O)OC(C(F)(F)F)C(F)(F)F)C3)CO1. The summed E-state index contributed by atoms with van der Waals surface area (Å²) in [6.45, 7) is 4.10. The highest BCUT2D eigenvalue weighted by atomic mass is 19.4. The number of epoxide rings is 1. The predicted octanol–water partition coefficient (Wildman–Crippen LogP) is 2.53. The highest BCUT2D eigenvalue weighted by molar-refractivity contribution is 5.79. The average Bonchev–Trinajstić information content (AvgIpc) is 3.08. The molecular weight excluding hydrogens is 414 g/mol. The van der Waals surface area contributed by atoms with Gasteiger partial charge in [-0.2, -0.15) is 26.3 Å². The molecule has 0 amide bonds. The Hall–Kier alpha value is -1.11. The lowest BCUT2D eigenvalue weighted by Crippen LogP contribution is -2.52. The van der Waals surface area contributed by atoms with Crippen LogP contribution in [0.25, 0.3) is 0 Å². The van der Waals surface area contributed by atoms with Gasteiger partial charge in [-0.25, -0.2) is 0 Å². The molecule has 166 valence electrons. The molecule has 4 aliphatic rings. The Bertz CT molecular complexity index is 675. The summed E-state index contributed by atoms with van der Waals surface area (Å²) in [7, 11) is 0. The van der Waals surface area contributed by atoms with E-state index < -0.39 is 60.0 Å². The number of fused-ring (bicyclic) bond motifs is 1. The summed E-state index contributed by atoms with van der Waals surface area (Å²) in [6, 6.07) is 0. The van der Waals surface area contributed by atoms with E-state index in [1.807, 2.05) is 13.8 Å². The van der Waals surface area contributed by atoms with Crippen LogP contribution in [0.5, 0.6) is 0 Å². The number of halogens is 6. The minimum Gasteiger partial charge on any atom is -0.442 e. The quantitative estimate of drug-likeness (QED) is 0.407. The molecule has 0 aromatic rings. The highest BCUT2D eigenvalue weighted by Crippen LogP contribution is 2.65. The molecule has 6 unspecified atom stereocenters. The van der Waals surface area contributed by atoms with E-state index in [9.17, 15) is 36.2 Å². The Morgan fingerprint density at radius 3 is 2.24 bits per heavy atom. The standard InChI is InChI=1S/C17H20F6O6/c1-6(2)15(5-26-15)29-9-7-3-8-10(9)27-12(24)14(8,4-7)13(25)28-11(16(18,19)20)17(21,22)23/h6-12,24H,3-5H2,1-2H3/t7?,8?,9?,10?,12?,14?,15-/m0/s1. The van der Waals surface area contributed by atoms with Gasteiger partial charge in [-0.05, 0) is 18.8 Å². The molecule has 7 atom stereocenters. The van der Waals surface area contributed by atoms with Gasteiger partial charge in [0.25, 0.3) is 6.10 Å². The number of rotatable bonds is 5. The molecule has 0 spiro atoms. The molecule has 2 saturated heterocycles. The molecule has 0 aromatic heterocycles. The zero-order valence-electron chi connectivity index (χ0n) is 15.4. The van der Waals surface area contributed by atoms with Gasteiger partial charge in [0, 0.05) is 11.8 Å². The van der Waals surface area contributed by atoms with Crippen LogP contribution in [-0.2, 0) is 23.7 Å². The third-order valence-corrected chi connectivity index (χ3v) is 6.57. The largest absolute Gasteiger partial charge is 0.442 e. The van der Waals surface area contributed by atoms with E-state index in [-0.39, 0.29) is 24.7 Å². The van der Waals surface area contributed by atoms with Gasteiger partial charge in [0.15, 0.2) is 12.1 Å². The second-order valence-corrected chi connectivity index (χ2v) is 8.51. The maximum Gasteiger partial charge on any atom is 0.434 e. The second-order valence-electron chi connectivity index (χ2n) is 8.51. The van der Waals surface area contributed by atoms with Crippen LogP contribution in [-0.4, -0.2) is 60.4 Å². The van der Waals surface area contributed by atoms with Crippen molar-refractivity contribution in [3.63, 3.8) is 0 Å². The van der Waals surface area contributed by atoms with Crippen molar-refractivity contribution in [2.45, 2.75) is 69.4 Å². The summed E-state index contributed by atoms with van der Waals surface area (Å²) in [5, 5.41) is 10.3. The van der Waals surface area contributed by atoms with E-state index in [2.05, 4.69) is 4.74 Å². The maximum absolute atomic E-state index is 12.8. The Morgan fingerprint density at radius 2 is 1.76 bits per heavy atom. The van der Waals surface area contributed by atoms with E-state index >= 15 is 0 Å². The number of aliphatic hydroxyl groups is 1. The lowest BCUT2D eigenvalue weighted by Gasteiger charge is -2.36. The zero-order chi connectivity index (χ0) is 21.6. The monoisotopic (exact) mass is 434 g/mol. The minimum atomic E-state index is -5.83. The van der Waals surface area contributed by atoms with Gasteiger partial charge in [0.05, 0.1) is 12.2 Å². The predicted molar refractivity (Wildman–Crippen MR) is 79.9 cm³/mol. The van der Waals surface area contributed by atoms with Crippen LogP contribution in [0.3, 0.4) is 0 Å². The minimum absolute atomic E-state index is 0.00186. The average molecular weight is 434 g/mol. The molecule has 6 nitrogen and oxygen atoms in total. The molecule has 4 rings (SSSR count). The fourth-order valence-electron chi connectivity index (χ4n) is 4.98. The van der Waals surface area contributed by atoms with Crippen LogP contribution >= 0.6 is 0 Å². The van der Waals surface area contributed by atoms with Crippen molar-refractivity contribution in [2.24, 2.45) is 23.2 Å². The number of hydrogen-bond donors (Lipinski definition) is 1. The van der Waals surface area contributed by atoms with Crippen molar-refractivity contribution in [1.82, 2.24) is 0 Å². The summed E-state index contributed by atoms with van der Waals surface area (Å²) in [4.78, 5) is 12.5. The van der Waals surface area contributed by atoms with Crippen LogP contribution in [0.1, 0.15) is 26.7 Å². The van der Waals surface area contributed by atoms with Crippen LogP contribution in [0.15, 0.2) is 0 Å². The second kappa shape index (κ2) is 6.21. The van der Waals surface area contributed by atoms with E-state index in [1.54, 1.807) is 0 Å². The topological polar surface area (TPSA) is 77.5 Å². The number of carbonyl (C=O) groups excluding carboxylic acids is 1. The number of aliphatic hydroxyl groups excluding tert-OH is 1. The molecule has 2 aliphatic heterocycles. The molecule has 29 heavy (non-hydrogen) atoms. The van der Waals surface area contributed by atoms with Crippen LogP contribution in [0.4, 0.5) is 26.3 Å². The number of esters is 1. The molecule has 0 aromatic carbocycles. The van der Waals surface area contributed by atoms with Gasteiger partial charge in [0.1, 0.15) is 12.0 Å². The van der Waals surface area contributed by atoms with E-state index in [4.69, 9.17) is 14.2 Å². The smallest absolute Gasteiger partial charge is 0.434 e. The normalized spacial score (nSPS) is 43.5. The van der Waals surface area contributed by atoms with Gasteiger partial charge in [-0.15, -0.1) is 0 Å². The summed E-state index contributed by atoms with van der Waals surface area (Å²) in [5.74, 6) is -3.76. The first kappa shape index (κ1) is 21.1. The van der Waals surface area contributed by atoms with E-state index in [0.29, 0.717) is 6.61 Å². The Balaban J connectivity index is 1.54. The van der Waals surface area contributed by atoms with Gasteiger partial charge in [-0.1, -0.05) is 13.8 Å². The van der Waals surface area contributed by atoms with Crippen molar-refractivity contribution >= 4 is 5.97 Å². The third-order valence-electron chi connectivity index (χ3n) is 6.57. The maximum atomic E-state index is 12.8. The van der Waals surface area contributed by atoms with Crippen LogP contribution in [0, 0.1) is 23.2 Å². The number of carbonyl (C=O) groups is 1. The first-order valence-electron chi connectivity index (χ1n) is 9.22. The van der Waals surface area contributed by atoms with E-state index in [0.717, 1.165) is 0 Å². The lowest BCUT2D eigenvalue weighted by molar-refractivity contribution is -0.317. The molecule has 4 fully saturated rings. The molecule has 2 aliphatic carbocycles. The molecule has 2 saturated carbocycles. The zero-order valence-corrected chi connectivity index (χ0v) is 15.4. The fourth-order valence-corrected chi connectivity index (χ4v) is 4.98. The Kier molecular flexibility index (Phi) is 4.52. The Morgan fingerprint density at radius 1 is 1.17 bits per heavy atom. The molecule has 12 heteroatoms. The first-order valence-corrected chi connectivity index (χ1v) is 9.22.